The smallest absolute Gasteiger partial charge is 0.0701 e. The van der Waals surface area contributed by atoms with Crippen molar-refractivity contribution in [3.63, 3.8) is 0 Å². The maximum Gasteiger partial charge on any atom is 0.0701 e. The minimum absolute atomic E-state index is 0.285. The number of hydrogen-bond donors (Lipinski definition) is 2. The SMILES string of the molecule is CCC(C)CC(NN)c1csc(Br)c1. The van der Waals surface area contributed by atoms with Crippen LogP contribution < -0.4 is 11.3 Å². The van der Waals surface area contributed by atoms with E-state index >= 15 is 0 Å². The first-order valence-corrected chi connectivity index (χ1v) is 6.54. The fourth-order valence-electron chi connectivity index (χ4n) is 1.38. The summed E-state index contributed by atoms with van der Waals surface area (Å²) < 4.78 is 1.16. The second-order valence-electron chi connectivity index (χ2n) is 3.65. The highest BCUT2D eigenvalue weighted by atomic mass is 79.9. The average molecular weight is 277 g/mol. The van der Waals surface area contributed by atoms with Crippen molar-refractivity contribution in [3.05, 3.63) is 20.8 Å². The molecule has 1 heterocycles. The standard InChI is InChI=1S/C10H17BrN2S/c1-3-7(2)4-9(13-12)8-5-10(11)14-6-8/h5-7,9,13H,3-4,12H2,1-2H3. The molecule has 0 spiro atoms. The second kappa shape index (κ2) is 5.85. The number of hydrogen-bond acceptors (Lipinski definition) is 3. The number of thiophene rings is 1. The summed E-state index contributed by atoms with van der Waals surface area (Å²) in [5, 5.41) is 2.15. The van der Waals surface area contributed by atoms with Crippen LogP contribution in [0.15, 0.2) is 15.2 Å². The minimum atomic E-state index is 0.285. The van der Waals surface area contributed by atoms with Crippen LogP contribution in [0, 0.1) is 5.92 Å². The molecule has 2 nitrogen and oxygen atoms in total. The highest BCUT2D eigenvalue weighted by molar-refractivity contribution is 9.11. The zero-order valence-electron chi connectivity index (χ0n) is 8.59. The monoisotopic (exact) mass is 276 g/mol. The predicted octanol–water partition coefficient (Wildman–Crippen LogP) is 3.45. The summed E-state index contributed by atoms with van der Waals surface area (Å²) in [5.41, 5.74) is 4.16. The summed E-state index contributed by atoms with van der Waals surface area (Å²) in [6, 6.07) is 2.42. The van der Waals surface area contributed by atoms with Gasteiger partial charge in [-0.2, -0.15) is 0 Å². The first-order chi connectivity index (χ1) is 6.67. The van der Waals surface area contributed by atoms with Gasteiger partial charge >= 0.3 is 0 Å². The van der Waals surface area contributed by atoms with Gasteiger partial charge in [0.25, 0.3) is 0 Å². The van der Waals surface area contributed by atoms with Gasteiger partial charge in [-0.15, -0.1) is 11.3 Å². The molecule has 0 fully saturated rings. The Balaban J connectivity index is 2.62. The van der Waals surface area contributed by atoms with Crippen LogP contribution in [0.1, 0.15) is 38.3 Å². The fraction of sp³-hybridized carbons (Fsp3) is 0.600. The van der Waals surface area contributed by atoms with Crippen LogP contribution in [0.4, 0.5) is 0 Å². The van der Waals surface area contributed by atoms with Crippen LogP contribution in [0.5, 0.6) is 0 Å². The molecule has 4 heteroatoms. The Bertz CT molecular complexity index is 275. The lowest BCUT2D eigenvalue weighted by atomic mass is 9.96. The number of rotatable bonds is 5. The minimum Gasteiger partial charge on any atom is -0.271 e. The average Bonchev–Trinajstić information content (AvgIpc) is 2.60. The van der Waals surface area contributed by atoms with E-state index in [9.17, 15) is 0 Å². The molecule has 1 aromatic heterocycles. The number of hydrazine groups is 1. The molecule has 0 saturated heterocycles. The third kappa shape index (κ3) is 3.35. The second-order valence-corrected chi connectivity index (χ2v) is 5.94. The zero-order valence-corrected chi connectivity index (χ0v) is 11.0. The highest BCUT2D eigenvalue weighted by Crippen LogP contribution is 2.28. The predicted molar refractivity (Wildman–Crippen MR) is 66.2 cm³/mol. The molecule has 0 aliphatic rings. The van der Waals surface area contributed by atoms with Crippen LogP contribution in [0.2, 0.25) is 0 Å². The molecule has 2 atom stereocenters. The molecule has 0 saturated carbocycles. The Morgan fingerprint density at radius 1 is 1.64 bits per heavy atom. The summed E-state index contributed by atoms with van der Waals surface area (Å²) >= 11 is 5.17. The van der Waals surface area contributed by atoms with Gasteiger partial charge in [0, 0.05) is 6.04 Å². The third-order valence-electron chi connectivity index (χ3n) is 2.53. The molecule has 80 valence electrons. The van der Waals surface area contributed by atoms with E-state index in [0.717, 1.165) is 10.2 Å². The molecule has 0 aliphatic heterocycles. The van der Waals surface area contributed by atoms with E-state index in [2.05, 4.69) is 46.6 Å². The summed E-state index contributed by atoms with van der Waals surface area (Å²) in [6.45, 7) is 4.47. The highest BCUT2D eigenvalue weighted by Gasteiger charge is 2.14. The van der Waals surface area contributed by atoms with E-state index in [1.165, 1.54) is 12.0 Å². The van der Waals surface area contributed by atoms with Crippen LogP contribution in [-0.4, -0.2) is 0 Å². The quantitative estimate of drug-likeness (QED) is 0.639. The molecule has 3 N–H and O–H groups in total. The van der Waals surface area contributed by atoms with Gasteiger partial charge in [0.2, 0.25) is 0 Å². The first kappa shape index (κ1) is 12.2. The Labute approximate surface area is 98.0 Å². The molecule has 1 aromatic rings. The molecular weight excluding hydrogens is 260 g/mol. The topological polar surface area (TPSA) is 38.0 Å². The van der Waals surface area contributed by atoms with Crippen molar-refractivity contribution in [2.24, 2.45) is 11.8 Å². The molecule has 0 aromatic carbocycles. The van der Waals surface area contributed by atoms with Gasteiger partial charge in [0.15, 0.2) is 0 Å². The Morgan fingerprint density at radius 3 is 2.79 bits per heavy atom. The molecule has 14 heavy (non-hydrogen) atoms. The summed E-state index contributed by atoms with van der Waals surface area (Å²) in [6.07, 6.45) is 2.29. The van der Waals surface area contributed by atoms with Gasteiger partial charge in [0.05, 0.1) is 3.79 Å². The van der Waals surface area contributed by atoms with Crippen molar-refractivity contribution in [2.75, 3.05) is 0 Å². The first-order valence-electron chi connectivity index (χ1n) is 4.87. The van der Waals surface area contributed by atoms with Crippen molar-refractivity contribution >= 4 is 27.3 Å². The van der Waals surface area contributed by atoms with E-state index in [1.54, 1.807) is 11.3 Å². The summed E-state index contributed by atoms with van der Waals surface area (Å²) in [4.78, 5) is 0. The Hall–Kier alpha value is 0.100. The molecule has 0 radical (unpaired) electrons. The van der Waals surface area contributed by atoms with Crippen LogP contribution in [-0.2, 0) is 0 Å². The maximum atomic E-state index is 5.56. The van der Waals surface area contributed by atoms with Crippen molar-refractivity contribution in [1.29, 1.82) is 0 Å². The van der Waals surface area contributed by atoms with Crippen LogP contribution >= 0.6 is 27.3 Å². The van der Waals surface area contributed by atoms with E-state index in [1.807, 2.05) is 0 Å². The van der Waals surface area contributed by atoms with Gasteiger partial charge in [0.1, 0.15) is 0 Å². The van der Waals surface area contributed by atoms with Gasteiger partial charge in [-0.25, -0.2) is 0 Å². The third-order valence-corrected chi connectivity index (χ3v) is 4.05. The summed E-state index contributed by atoms with van der Waals surface area (Å²) in [5.74, 6) is 6.26. The Morgan fingerprint density at radius 2 is 2.36 bits per heavy atom. The van der Waals surface area contributed by atoms with Crippen molar-refractivity contribution in [1.82, 2.24) is 5.43 Å². The molecule has 0 bridgehead atoms. The Kier molecular flexibility index (Phi) is 5.09. The lowest BCUT2D eigenvalue weighted by Crippen LogP contribution is -2.28. The molecule has 0 amide bonds. The molecule has 1 rings (SSSR count). The van der Waals surface area contributed by atoms with Gasteiger partial charge < -0.3 is 0 Å². The maximum absolute atomic E-state index is 5.56. The van der Waals surface area contributed by atoms with E-state index in [4.69, 9.17) is 5.84 Å². The lowest BCUT2D eigenvalue weighted by Gasteiger charge is -2.18. The summed E-state index contributed by atoms with van der Waals surface area (Å²) in [7, 11) is 0. The van der Waals surface area contributed by atoms with Gasteiger partial charge in [-0.05, 0) is 45.3 Å². The fourth-order valence-corrected chi connectivity index (χ4v) is 2.61. The largest absolute Gasteiger partial charge is 0.271 e. The normalized spacial score (nSPS) is 15.4. The van der Waals surface area contributed by atoms with E-state index < -0.39 is 0 Å². The van der Waals surface area contributed by atoms with Crippen LogP contribution in [0.3, 0.4) is 0 Å². The number of nitrogens with one attached hydrogen (secondary N) is 1. The number of halogens is 1. The van der Waals surface area contributed by atoms with E-state index in [-0.39, 0.29) is 6.04 Å². The van der Waals surface area contributed by atoms with Crippen molar-refractivity contribution in [3.8, 4) is 0 Å². The van der Waals surface area contributed by atoms with Crippen molar-refractivity contribution < 1.29 is 0 Å². The zero-order chi connectivity index (χ0) is 10.6. The van der Waals surface area contributed by atoms with Gasteiger partial charge in [-0.1, -0.05) is 20.3 Å². The lowest BCUT2D eigenvalue weighted by molar-refractivity contribution is 0.408. The number of nitrogens with two attached hydrogens (primary N) is 1. The molecular formula is C10H17BrN2S. The van der Waals surface area contributed by atoms with E-state index in [0.29, 0.717) is 5.92 Å². The van der Waals surface area contributed by atoms with Crippen molar-refractivity contribution in [2.45, 2.75) is 32.7 Å². The molecule has 2 unspecified atom stereocenters. The van der Waals surface area contributed by atoms with Crippen LogP contribution in [0.25, 0.3) is 0 Å². The molecule has 0 aliphatic carbocycles. The van der Waals surface area contributed by atoms with Gasteiger partial charge in [-0.3, -0.25) is 11.3 Å².